The Morgan fingerprint density at radius 2 is 2.15 bits per heavy atom. The van der Waals surface area contributed by atoms with Crippen LogP contribution < -0.4 is 5.73 Å². The molecule has 3 aromatic heterocycles. The Hall–Kier alpha value is -3.82. The molecule has 10 heteroatoms. The summed E-state index contributed by atoms with van der Waals surface area (Å²) < 4.78 is 7.33. The summed E-state index contributed by atoms with van der Waals surface area (Å²) in [5.41, 5.74) is 7.17. The van der Waals surface area contributed by atoms with Crippen LogP contribution in [0.5, 0.6) is 0 Å². The van der Waals surface area contributed by atoms with Crippen molar-refractivity contribution in [2.24, 2.45) is 5.73 Å². The molecule has 4 rings (SSSR count). The van der Waals surface area contributed by atoms with E-state index in [4.69, 9.17) is 10.3 Å². The third kappa shape index (κ3) is 3.19. The van der Waals surface area contributed by atoms with Crippen LogP contribution >= 0.6 is 0 Å². The van der Waals surface area contributed by atoms with E-state index in [1.165, 1.54) is 0 Å². The van der Waals surface area contributed by atoms with E-state index in [9.17, 15) is 4.79 Å². The number of carbonyl (C=O) groups is 1. The van der Waals surface area contributed by atoms with Crippen LogP contribution in [0.15, 0.2) is 41.2 Å². The van der Waals surface area contributed by atoms with E-state index in [0.29, 0.717) is 29.5 Å². The van der Waals surface area contributed by atoms with E-state index in [1.807, 2.05) is 29.8 Å². The molecule has 0 saturated heterocycles. The number of nitrogens with zero attached hydrogens (tertiary/aromatic N) is 6. The van der Waals surface area contributed by atoms with Gasteiger partial charge in [0.15, 0.2) is 5.69 Å². The van der Waals surface area contributed by atoms with Crippen LogP contribution in [0.3, 0.4) is 0 Å². The molecule has 0 spiro atoms. The molecule has 0 saturated carbocycles. The average molecular weight is 364 g/mol. The van der Waals surface area contributed by atoms with Crippen molar-refractivity contribution in [2.75, 3.05) is 0 Å². The number of aryl methyl sites for hydroxylation is 1. The van der Waals surface area contributed by atoms with E-state index in [0.717, 1.165) is 17.8 Å². The van der Waals surface area contributed by atoms with Crippen LogP contribution in [-0.2, 0) is 13.0 Å². The van der Waals surface area contributed by atoms with Gasteiger partial charge < -0.3 is 14.8 Å². The smallest absolute Gasteiger partial charge is 0.271 e. The first-order chi connectivity index (χ1) is 13.2. The molecule has 0 fully saturated rings. The summed E-state index contributed by atoms with van der Waals surface area (Å²) in [7, 11) is 0. The molecule has 3 N–H and O–H groups in total. The Labute approximate surface area is 153 Å². The SMILES string of the molecule is CCc1nccn1Cc1nc(-c2cccc(-c3n[nH]nc3C(N)=O)c2)no1. The molecular weight excluding hydrogens is 348 g/mol. The fraction of sp³-hybridized carbons (Fsp3) is 0.176. The van der Waals surface area contributed by atoms with Crippen LogP contribution in [0.25, 0.3) is 22.6 Å². The van der Waals surface area contributed by atoms with E-state index in [1.54, 1.807) is 18.3 Å². The van der Waals surface area contributed by atoms with Gasteiger partial charge in [0, 0.05) is 29.9 Å². The fourth-order valence-corrected chi connectivity index (χ4v) is 2.79. The predicted molar refractivity (Wildman–Crippen MR) is 94.3 cm³/mol. The molecule has 1 aromatic carbocycles. The third-order valence-electron chi connectivity index (χ3n) is 4.07. The van der Waals surface area contributed by atoms with Crippen LogP contribution in [-0.4, -0.2) is 41.0 Å². The molecular formula is C17H16N8O2. The number of hydrogen-bond acceptors (Lipinski definition) is 7. The van der Waals surface area contributed by atoms with Crippen molar-refractivity contribution in [3.05, 3.63) is 54.1 Å². The summed E-state index contributed by atoms with van der Waals surface area (Å²) in [4.78, 5) is 20.2. The number of aromatic nitrogens is 7. The second-order valence-corrected chi connectivity index (χ2v) is 5.80. The molecule has 27 heavy (non-hydrogen) atoms. The van der Waals surface area contributed by atoms with Gasteiger partial charge >= 0.3 is 0 Å². The number of primary amides is 1. The van der Waals surface area contributed by atoms with Crippen LogP contribution in [0.2, 0.25) is 0 Å². The molecule has 0 atom stereocenters. The quantitative estimate of drug-likeness (QED) is 0.527. The number of hydrogen-bond donors (Lipinski definition) is 2. The Morgan fingerprint density at radius 3 is 2.96 bits per heavy atom. The summed E-state index contributed by atoms with van der Waals surface area (Å²) in [6.45, 7) is 2.48. The molecule has 0 radical (unpaired) electrons. The number of nitrogens with two attached hydrogens (primary N) is 1. The lowest BCUT2D eigenvalue weighted by molar-refractivity contribution is 0.0996. The molecule has 10 nitrogen and oxygen atoms in total. The van der Waals surface area contributed by atoms with Gasteiger partial charge in [-0.2, -0.15) is 20.4 Å². The minimum atomic E-state index is -0.655. The Kier molecular flexibility index (Phi) is 4.21. The molecule has 0 aliphatic carbocycles. The molecule has 136 valence electrons. The highest BCUT2D eigenvalue weighted by atomic mass is 16.5. The third-order valence-corrected chi connectivity index (χ3v) is 4.07. The highest BCUT2D eigenvalue weighted by molar-refractivity contribution is 5.96. The number of aromatic amines is 1. The van der Waals surface area contributed by atoms with Crippen molar-refractivity contribution in [2.45, 2.75) is 19.9 Å². The van der Waals surface area contributed by atoms with E-state index >= 15 is 0 Å². The van der Waals surface area contributed by atoms with Gasteiger partial charge in [-0.1, -0.05) is 30.3 Å². The minimum absolute atomic E-state index is 0.0770. The van der Waals surface area contributed by atoms with E-state index < -0.39 is 5.91 Å². The zero-order valence-electron chi connectivity index (χ0n) is 14.5. The maximum Gasteiger partial charge on any atom is 0.271 e. The van der Waals surface area contributed by atoms with Gasteiger partial charge in [0.05, 0.1) is 0 Å². The zero-order valence-corrected chi connectivity index (χ0v) is 14.5. The number of nitrogens with one attached hydrogen (secondary N) is 1. The minimum Gasteiger partial charge on any atom is -0.364 e. The van der Waals surface area contributed by atoms with Crippen molar-refractivity contribution in [1.29, 1.82) is 0 Å². The molecule has 0 aliphatic heterocycles. The van der Waals surface area contributed by atoms with Gasteiger partial charge in [0.2, 0.25) is 11.7 Å². The van der Waals surface area contributed by atoms with Crippen molar-refractivity contribution < 1.29 is 9.32 Å². The molecule has 0 bridgehead atoms. The molecule has 1 amide bonds. The first kappa shape index (κ1) is 16.6. The van der Waals surface area contributed by atoms with Gasteiger partial charge in [-0.3, -0.25) is 4.79 Å². The second-order valence-electron chi connectivity index (χ2n) is 5.80. The van der Waals surface area contributed by atoms with Gasteiger partial charge in [-0.15, -0.1) is 0 Å². The summed E-state index contributed by atoms with van der Waals surface area (Å²) in [6, 6.07) is 7.25. The van der Waals surface area contributed by atoms with Crippen molar-refractivity contribution in [1.82, 2.24) is 35.1 Å². The molecule has 0 unspecified atom stereocenters. The zero-order chi connectivity index (χ0) is 18.8. The van der Waals surface area contributed by atoms with Gasteiger partial charge in [0.25, 0.3) is 5.91 Å². The lowest BCUT2D eigenvalue weighted by Crippen LogP contribution is -2.12. The Morgan fingerprint density at radius 1 is 1.30 bits per heavy atom. The monoisotopic (exact) mass is 364 g/mol. The lowest BCUT2D eigenvalue weighted by atomic mass is 10.1. The normalized spacial score (nSPS) is 11.0. The number of benzene rings is 1. The van der Waals surface area contributed by atoms with E-state index in [2.05, 4.69) is 30.5 Å². The highest BCUT2D eigenvalue weighted by Crippen LogP contribution is 2.25. The van der Waals surface area contributed by atoms with E-state index in [-0.39, 0.29) is 5.69 Å². The number of carbonyl (C=O) groups excluding carboxylic acids is 1. The molecule has 3 heterocycles. The summed E-state index contributed by atoms with van der Waals surface area (Å²) in [6.07, 6.45) is 4.43. The van der Waals surface area contributed by atoms with Crippen molar-refractivity contribution in [3.8, 4) is 22.6 Å². The topological polar surface area (TPSA) is 141 Å². The first-order valence-electron chi connectivity index (χ1n) is 8.29. The van der Waals surface area contributed by atoms with Crippen molar-refractivity contribution >= 4 is 5.91 Å². The lowest BCUT2D eigenvalue weighted by Gasteiger charge is -2.01. The summed E-state index contributed by atoms with van der Waals surface area (Å²) in [5, 5.41) is 14.3. The molecule has 0 aliphatic rings. The summed E-state index contributed by atoms with van der Waals surface area (Å²) >= 11 is 0. The van der Waals surface area contributed by atoms with Gasteiger partial charge in [-0.05, 0) is 6.07 Å². The number of rotatable bonds is 6. The van der Waals surface area contributed by atoms with Gasteiger partial charge in [-0.25, -0.2) is 4.98 Å². The van der Waals surface area contributed by atoms with Crippen LogP contribution in [0.4, 0.5) is 0 Å². The highest BCUT2D eigenvalue weighted by Gasteiger charge is 2.17. The number of imidazole rings is 1. The average Bonchev–Trinajstić information content (AvgIpc) is 3.42. The van der Waals surface area contributed by atoms with Crippen LogP contribution in [0, 0.1) is 0 Å². The Bertz CT molecular complexity index is 1090. The largest absolute Gasteiger partial charge is 0.364 e. The second kappa shape index (κ2) is 6.83. The maximum atomic E-state index is 11.5. The maximum absolute atomic E-state index is 11.5. The fourth-order valence-electron chi connectivity index (χ4n) is 2.79. The number of H-pyrrole nitrogens is 1. The molecule has 4 aromatic rings. The van der Waals surface area contributed by atoms with Gasteiger partial charge in [0.1, 0.15) is 18.1 Å². The number of amides is 1. The standard InChI is InChI=1S/C17H16N8O2/c1-2-12-19-6-7-25(12)9-13-20-17(23-27-13)11-5-3-4-10(8-11)14-15(16(18)26)22-24-21-14/h3-8H,2,9H2,1H3,(H2,18,26)(H,21,22,24). The van der Waals surface area contributed by atoms with Crippen molar-refractivity contribution in [3.63, 3.8) is 0 Å². The predicted octanol–water partition coefficient (Wildman–Crippen LogP) is 1.43. The van der Waals surface area contributed by atoms with Crippen LogP contribution in [0.1, 0.15) is 29.1 Å². The Balaban J connectivity index is 1.62. The first-order valence-corrected chi connectivity index (χ1v) is 8.29. The summed E-state index contributed by atoms with van der Waals surface area (Å²) in [5.74, 6) is 1.20.